The number of carboxylic acid groups (broad SMARTS) is 1. The van der Waals surface area contributed by atoms with E-state index in [1.165, 1.54) is 0 Å². The highest BCUT2D eigenvalue weighted by molar-refractivity contribution is 5.85. The predicted molar refractivity (Wildman–Crippen MR) is 65.2 cm³/mol. The summed E-state index contributed by atoms with van der Waals surface area (Å²) in [6, 6.07) is 0. The van der Waals surface area contributed by atoms with Crippen LogP contribution < -0.4 is 5.32 Å². The Balaban J connectivity index is 2.09. The van der Waals surface area contributed by atoms with E-state index in [0.717, 1.165) is 19.3 Å². The molecule has 0 aromatic carbocycles. The molecule has 2 N–H and O–H groups in total. The highest BCUT2D eigenvalue weighted by Crippen LogP contribution is 2.50. The second-order valence-corrected chi connectivity index (χ2v) is 6.48. The van der Waals surface area contributed by atoms with E-state index in [9.17, 15) is 14.7 Å². The highest BCUT2D eigenvalue weighted by Gasteiger charge is 2.57. The normalized spacial score (nSPS) is 34.4. The zero-order chi connectivity index (χ0) is 13.6. The average Bonchev–Trinajstić information content (AvgIpc) is 2.73. The largest absolute Gasteiger partial charge is 0.479 e. The zero-order valence-corrected chi connectivity index (χ0v) is 11.2. The molecule has 2 fully saturated rings. The smallest absolute Gasteiger partial charge is 0.408 e. The van der Waals surface area contributed by atoms with Gasteiger partial charge in [-0.15, -0.1) is 0 Å². The Hall–Kier alpha value is -1.26. The molecule has 0 aromatic rings. The van der Waals surface area contributed by atoms with E-state index in [1.807, 2.05) is 0 Å². The number of hydrogen-bond donors (Lipinski definition) is 2. The van der Waals surface area contributed by atoms with Crippen LogP contribution in [0.4, 0.5) is 4.79 Å². The first-order valence-corrected chi connectivity index (χ1v) is 6.47. The van der Waals surface area contributed by atoms with E-state index in [2.05, 4.69) is 5.32 Å². The monoisotopic (exact) mass is 255 g/mol. The molecule has 18 heavy (non-hydrogen) atoms. The third kappa shape index (κ3) is 2.31. The lowest BCUT2D eigenvalue weighted by Crippen LogP contribution is -2.58. The molecule has 0 heterocycles. The molecule has 2 saturated carbocycles. The van der Waals surface area contributed by atoms with Crippen LogP contribution in [0.15, 0.2) is 0 Å². The second-order valence-electron chi connectivity index (χ2n) is 6.48. The molecule has 0 saturated heterocycles. The fourth-order valence-corrected chi connectivity index (χ4v) is 3.28. The maximum absolute atomic E-state index is 11.8. The summed E-state index contributed by atoms with van der Waals surface area (Å²) < 4.78 is 5.17. The van der Waals surface area contributed by atoms with Crippen molar-refractivity contribution in [3.63, 3.8) is 0 Å². The van der Waals surface area contributed by atoms with Crippen LogP contribution in [-0.2, 0) is 9.53 Å². The van der Waals surface area contributed by atoms with Crippen molar-refractivity contribution in [3.8, 4) is 0 Å². The van der Waals surface area contributed by atoms with Crippen molar-refractivity contribution >= 4 is 12.1 Å². The third-order valence-corrected chi connectivity index (χ3v) is 3.95. The van der Waals surface area contributed by atoms with Crippen LogP contribution >= 0.6 is 0 Å². The molecule has 0 unspecified atom stereocenters. The van der Waals surface area contributed by atoms with Crippen molar-refractivity contribution in [2.24, 2.45) is 11.8 Å². The lowest BCUT2D eigenvalue weighted by atomic mass is 9.81. The molecule has 2 aliphatic rings. The number of ether oxygens (including phenoxy) is 1. The first-order valence-electron chi connectivity index (χ1n) is 6.47. The molecule has 1 amide bonds. The van der Waals surface area contributed by atoms with Crippen LogP contribution in [0.2, 0.25) is 0 Å². The maximum atomic E-state index is 11.8. The van der Waals surface area contributed by atoms with Gasteiger partial charge in [0.05, 0.1) is 0 Å². The fraction of sp³-hybridized carbons (Fsp3) is 0.846. The lowest BCUT2D eigenvalue weighted by Gasteiger charge is -2.35. The maximum Gasteiger partial charge on any atom is 0.408 e. The number of alkyl carbamates (subject to hydrolysis) is 1. The number of carbonyl (C=O) groups excluding carboxylic acids is 1. The van der Waals surface area contributed by atoms with Gasteiger partial charge in [0.25, 0.3) is 0 Å². The molecular weight excluding hydrogens is 234 g/mol. The van der Waals surface area contributed by atoms with Crippen LogP contribution in [0.25, 0.3) is 0 Å². The average molecular weight is 255 g/mol. The van der Waals surface area contributed by atoms with E-state index in [1.54, 1.807) is 20.8 Å². The van der Waals surface area contributed by atoms with Gasteiger partial charge in [0, 0.05) is 0 Å². The van der Waals surface area contributed by atoms with E-state index < -0.39 is 23.2 Å². The summed E-state index contributed by atoms with van der Waals surface area (Å²) in [5, 5.41) is 12.1. The number of carboxylic acids is 1. The molecule has 2 aliphatic carbocycles. The summed E-state index contributed by atoms with van der Waals surface area (Å²) in [4.78, 5) is 23.3. The SMILES string of the molecule is CC(C)(C)OC(=O)N[C@@]1(C(=O)O)C[C@H]2CC[C@@H]1C2. The van der Waals surface area contributed by atoms with Gasteiger partial charge < -0.3 is 15.2 Å². The number of hydrogen-bond acceptors (Lipinski definition) is 3. The number of aliphatic carboxylic acids is 1. The fourth-order valence-electron chi connectivity index (χ4n) is 3.28. The van der Waals surface area contributed by atoms with Gasteiger partial charge in [-0.1, -0.05) is 0 Å². The van der Waals surface area contributed by atoms with Gasteiger partial charge in [-0.05, 0) is 58.3 Å². The predicted octanol–water partition coefficient (Wildman–Crippen LogP) is 2.15. The van der Waals surface area contributed by atoms with Crippen molar-refractivity contribution < 1.29 is 19.4 Å². The summed E-state index contributed by atoms with van der Waals surface area (Å²) in [6.45, 7) is 5.29. The van der Waals surface area contributed by atoms with Gasteiger partial charge in [0.15, 0.2) is 0 Å². The van der Waals surface area contributed by atoms with E-state index >= 15 is 0 Å². The Kier molecular flexibility index (Phi) is 3.03. The number of carbonyl (C=O) groups is 2. The number of fused-ring (bicyclic) bond motifs is 2. The topological polar surface area (TPSA) is 75.6 Å². The molecule has 2 rings (SSSR count). The molecular formula is C13H21NO4. The van der Waals surface area contributed by atoms with Gasteiger partial charge in [0.2, 0.25) is 0 Å². The van der Waals surface area contributed by atoms with Crippen molar-refractivity contribution in [3.05, 3.63) is 0 Å². The van der Waals surface area contributed by atoms with Crippen LogP contribution in [0, 0.1) is 11.8 Å². The van der Waals surface area contributed by atoms with E-state index in [-0.39, 0.29) is 5.92 Å². The van der Waals surface area contributed by atoms with E-state index in [4.69, 9.17) is 4.74 Å². The summed E-state index contributed by atoms with van der Waals surface area (Å²) in [6.07, 6.45) is 2.77. The van der Waals surface area contributed by atoms with Crippen molar-refractivity contribution in [2.75, 3.05) is 0 Å². The summed E-state index contributed by atoms with van der Waals surface area (Å²) in [5.41, 5.74) is -1.72. The van der Waals surface area contributed by atoms with Crippen LogP contribution in [-0.4, -0.2) is 28.3 Å². The van der Waals surface area contributed by atoms with Crippen molar-refractivity contribution in [2.45, 2.75) is 57.6 Å². The number of rotatable bonds is 2. The molecule has 0 aromatic heterocycles. The number of nitrogens with one attached hydrogen (secondary N) is 1. The second kappa shape index (κ2) is 4.14. The van der Waals surface area contributed by atoms with Crippen LogP contribution in [0.5, 0.6) is 0 Å². The molecule has 3 atom stereocenters. The molecule has 5 nitrogen and oxygen atoms in total. The highest BCUT2D eigenvalue weighted by atomic mass is 16.6. The molecule has 102 valence electrons. The van der Waals surface area contributed by atoms with Gasteiger partial charge in [-0.2, -0.15) is 0 Å². The van der Waals surface area contributed by atoms with Gasteiger partial charge in [0.1, 0.15) is 11.1 Å². The molecule has 0 spiro atoms. The summed E-state index contributed by atoms with van der Waals surface area (Å²) in [7, 11) is 0. The van der Waals surface area contributed by atoms with Gasteiger partial charge in [-0.25, -0.2) is 9.59 Å². The van der Waals surface area contributed by atoms with Gasteiger partial charge >= 0.3 is 12.1 Å². The zero-order valence-electron chi connectivity index (χ0n) is 11.2. The van der Waals surface area contributed by atoms with Crippen LogP contribution in [0.3, 0.4) is 0 Å². The Bertz CT molecular complexity index is 374. The minimum atomic E-state index is -1.11. The Morgan fingerprint density at radius 2 is 2.00 bits per heavy atom. The van der Waals surface area contributed by atoms with Gasteiger partial charge in [-0.3, -0.25) is 0 Å². The minimum Gasteiger partial charge on any atom is -0.479 e. The van der Waals surface area contributed by atoms with Crippen LogP contribution in [0.1, 0.15) is 46.5 Å². The Morgan fingerprint density at radius 1 is 1.33 bits per heavy atom. The molecule has 5 heteroatoms. The third-order valence-electron chi connectivity index (χ3n) is 3.95. The van der Waals surface area contributed by atoms with Crippen molar-refractivity contribution in [1.82, 2.24) is 5.32 Å². The molecule has 2 bridgehead atoms. The Morgan fingerprint density at radius 3 is 2.39 bits per heavy atom. The standard InChI is InChI=1S/C13H21NO4/c1-12(2,3)18-11(17)14-13(10(15)16)7-8-4-5-9(13)6-8/h8-9H,4-7H2,1-3H3,(H,14,17)(H,15,16)/t8-,9+,13-/m0/s1. The summed E-state index contributed by atoms with van der Waals surface area (Å²) in [5.74, 6) is -0.450. The first kappa shape index (κ1) is 13.2. The quantitative estimate of drug-likeness (QED) is 0.792. The minimum absolute atomic E-state index is 0.0486. The molecule has 0 aliphatic heterocycles. The first-order chi connectivity index (χ1) is 8.23. The summed E-state index contributed by atoms with van der Waals surface area (Å²) >= 11 is 0. The number of amides is 1. The molecule has 0 radical (unpaired) electrons. The Labute approximate surface area is 107 Å². The lowest BCUT2D eigenvalue weighted by molar-refractivity contribution is -0.147. The van der Waals surface area contributed by atoms with E-state index in [0.29, 0.717) is 12.3 Å². The van der Waals surface area contributed by atoms with Crippen molar-refractivity contribution in [1.29, 1.82) is 0 Å².